The van der Waals surface area contributed by atoms with Gasteiger partial charge in [0.05, 0.1) is 32.8 Å². The summed E-state index contributed by atoms with van der Waals surface area (Å²) in [6.45, 7) is 2.56. The van der Waals surface area contributed by atoms with E-state index in [2.05, 4.69) is 31.1 Å². The molecule has 1 fully saturated rings. The highest BCUT2D eigenvalue weighted by atomic mass is 79.9. The summed E-state index contributed by atoms with van der Waals surface area (Å²) in [7, 11) is 3.11. The zero-order chi connectivity index (χ0) is 24.1. The van der Waals surface area contributed by atoms with Gasteiger partial charge in [0.15, 0.2) is 17.2 Å². The average Bonchev–Trinajstić information content (AvgIpc) is 2.99. The zero-order valence-electron chi connectivity index (χ0n) is 19.5. The lowest BCUT2D eigenvalue weighted by Crippen LogP contribution is -2.27. The predicted molar refractivity (Wildman–Crippen MR) is 134 cm³/mol. The minimum absolute atomic E-state index is 0.0139. The van der Waals surface area contributed by atoms with Crippen molar-refractivity contribution in [1.82, 2.24) is 9.47 Å². The summed E-state index contributed by atoms with van der Waals surface area (Å²) in [5.74, 6) is 0.729. The Bertz CT molecular complexity index is 1200. The molecule has 0 aliphatic carbocycles. The lowest BCUT2D eigenvalue weighted by Gasteiger charge is -2.21. The maximum absolute atomic E-state index is 12.6. The zero-order valence-corrected chi connectivity index (χ0v) is 21.0. The molecule has 1 N–H and O–H groups in total. The molecule has 1 aliphatic rings. The van der Waals surface area contributed by atoms with E-state index >= 15 is 0 Å². The van der Waals surface area contributed by atoms with E-state index in [9.17, 15) is 9.90 Å². The van der Waals surface area contributed by atoms with Crippen LogP contribution in [0.15, 0.2) is 51.1 Å². The number of carbonyl (C=O) groups is 1. The van der Waals surface area contributed by atoms with Crippen LogP contribution in [0.5, 0.6) is 17.4 Å². The normalized spacial score (nSPS) is 15.0. The second-order valence-electron chi connectivity index (χ2n) is 8.40. The van der Waals surface area contributed by atoms with Crippen molar-refractivity contribution in [3.8, 4) is 17.4 Å². The van der Waals surface area contributed by atoms with Crippen LogP contribution in [0.1, 0.15) is 31.2 Å². The van der Waals surface area contributed by atoms with Crippen LogP contribution in [0, 0.1) is 0 Å². The predicted octanol–water partition coefficient (Wildman–Crippen LogP) is 5.81. The summed E-state index contributed by atoms with van der Waals surface area (Å²) >= 11 is 3.50. The Hall–Kier alpha value is -2.91. The van der Waals surface area contributed by atoms with Gasteiger partial charge in [-0.25, -0.2) is 0 Å². The number of amides is 1. The van der Waals surface area contributed by atoms with E-state index < -0.39 is 5.91 Å². The van der Waals surface area contributed by atoms with Gasteiger partial charge in [-0.05, 0) is 61.8 Å². The van der Waals surface area contributed by atoms with Gasteiger partial charge in [-0.1, -0.05) is 34.8 Å². The number of aromatic hydroxyl groups is 1. The van der Waals surface area contributed by atoms with E-state index in [1.165, 1.54) is 12.8 Å². The number of methoxy groups -OCH3 is 2. The van der Waals surface area contributed by atoms with Crippen molar-refractivity contribution in [2.75, 3.05) is 27.3 Å². The Balaban J connectivity index is 1.59. The van der Waals surface area contributed by atoms with E-state index in [-0.39, 0.29) is 12.3 Å². The molecule has 0 unspecified atom stereocenters. The molecular weight excluding hydrogens is 500 g/mol. The first-order chi connectivity index (χ1) is 16.5. The smallest absolute Gasteiger partial charge is 0.269 e. The molecule has 2 aromatic carbocycles. The average molecular weight is 529 g/mol. The third-order valence-electron chi connectivity index (χ3n) is 6.08. The minimum atomic E-state index is -0.421. The highest BCUT2D eigenvalue weighted by Crippen LogP contribution is 2.40. The topological polar surface area (TPSA) is 88.7 Å². The molecule has 0 atom stereocenters. The lowest BCUT2D eigenvalue weighted by atomic mass is 10.1. The van der Waals surface area contributed by atoms with Crippen LogP contribution >= 0.6 is 15.9 Å². The highest BCUT2D eigenvalue weighted by Gasteiger charge is 2.20. The number of azo groups is 1. The van der Waals surface area contributed by atoms with Gasteiger partial charge in [0.2, 0.25) is 5.88 Å². The number of ether oxygens (including phenoxy) is 2. The second-order valence-corrected chi connectivity index (χ2v) is 9.31. The Kier molecular flexibility index (Phi) is 7.84. The monoisotopic (exact) mass is 528 g/mol. The molecule has 2 heterocycles. The van der Waals surface area contributed by atoms with Crippen molar-refractivity contribution in [2.45, 2.75) is 38.8 Å². The van der Waals surface area contributed by atoms with E-state index in [0.717, 1.165) is 46.9 Å². The second kappa shape index (κ2) is 11.0. The van der Waals surface area contributed by atoms with Gasteiger partial charge in [-0.3, -0.25) is 14.3 Å². The van der Waals surface area contributed by atoms with Gasteiger partial charge in [-0.2, -0.15) is 0 Å². The van der Waals surface area contributed by atoms with E-state index in [1.54, 1.807) is 32.4 Å². The molecular formula is C25H29BrN4O4. The minimum Gasteiger partial charge on any atom is -0.493 e. The number of nitrogens with zero attached hydrogens (tertiary/aromatic N) is 4. The fourth-order valence-corrected chi connectivity index (χ4v) is 4.68. The van der Waals surface area contributed by atoms with Crippen LogP contribution in [0.3, 0.4) is 0 Å². The molecule has 1 aromatic heterocycles. The number of fused-ring (bicyclic) bond motifs is 1. The summed E-state index contributed by atoms with van der Waals surface area (Å²) in [5, 5.41) is 19.9. The Morgan fingerprint density at radius 3 is 2.47 bits per heavy atom. The number of aromatic nitrogens is 1. The fourth-order valence-electron chi connectivity index (χ4n) is 4.32. The Morgan fingerprint density at radius 2 is 1.76 bits per heavy atom. The summed E-state index contributed by atoms with van der Waals surface area (Å²) in [6, 6.07) is 11.1. The highest BCUT2D eigenvalue weighted by molar-refractivity contribution is 9.10. The Morgan fingerprint density at radius 1 is 1.03 bits per heavy atom. The van der Waals surface area contributed by atoms with Crippen molar-refractivity contribution in [3.05, 3.63) is 46.4 Å². The standard InChI is InChI=1S/C25H29BrN4O4/c1-33-21-10-7-17(13-22(21)34-2)14-23(31)27-28-24-19-15-18(26)8-9-20(19)30(25(24)32)16-29-11-5-3-4-6-12-29/h7-10,13,15,32H,3-6,11-12,14,16H2,1-2H3. The van der Waals surface area contributed by atoms with Crippen LogP contribution in [0.4, 0.5) is 5.69 Å². The molecule has 3 aromatic rings. The van der Waals surface area contributed by atoms with Gasteiger partial charge in [0, 0.05) is 9.86 Å². The number of carbonyl (C=O) groups excluding carboxylic acids is 1. The van der Waals surface area contributed by atoms with Crippen molar-refractivity contribution >= 4 is 38.4 Å². The first kappa shape index (κ1) is 24.2. The van der Waals surface area contributed by atoms with Crippen molar-refractivity contribution in [1.29, 1.82) is 0 Å². The molecule has 8 nitrogen and oxygen atoms in total. The van der Waals surface area contributed by atoms with Crippen LogP contribution < -0.4 is 9.47 Å². The molecule has 1 aliphatic heterocycles. The number of hydrogen-bond donors (Lipinski definition) is 1. The van der Waals surface area contributed by atoms with E-state index in [1.807, 2.05) is 22.8 Å². The third-order valence-corrected chi connectivity index (χ3v) is 6.57. The molecule has 0 bridgehead atoms. The Labute approximate surface area is 207 Å². The lowest BCUT2D eigenvalue weighted by molar-refractivity contribution is -0.117. The number of rotatable bonds is 7. The molecule has 34 heavy (non-hydrogen) atoms. The molecule has 4 rings (SSSR count). The molecule has 180 valence electrons. The summed E-state index contributed by atoms with van der Waals surface area (Å²) in [5.41, 5.74) is 1.88. The van der Waals surface area contributed by atoms with Gasteiger partial charge >= 0.3 is 0 Å². The number of halogens is 1. The van der Waals surface area contributed by atoms with Gasteiger partial charge in [-0.15, -0.1) is 10.2 Å². The number of likely N-dealkylation sites (tertiary alicyclic amines) is 1. The van der Waals surface area contributed by atoms with E-state index in [0.29, 0.717) is 23.9 Å². The molecule has 1 saturated heterocycles. The van der Waals surface area contributed by atoms with Gasteiger partial charge < -0.3 is 14.6 Å². The van der Waals surface area contributed by atoms with Crippen molar-refractivity contribution in [3.63, 3.8) is 0 Å². The molecule has 0 spiro atoms. The molecule has 9 heteroatoms. The number of hydrogen-bond acceptors (Lipinski definition) is 6. The van der Waals surface area contributed by atoms with Gasteiger partial charge in [0.1, 0.15) is 0 Å². The summed E-state index contributed by atoms with van der Waals surface area (Å²) in [4.78, 5) is 14.9. The van der Waals surface area contributed by atoms with Crippen molar-refractivity contribution in [2.24, 2.45) is 10.2 Å². The first-order valence-corrected chi connectivity index (χ1v) is 12.2. The fraction of sp³-hybridized carbons (Fsp3) is 0.400. The SMILES string of the molecule is COc1ccc(CC(=O)N=Nc2c(O)n(CN3CCCCCC3)c3ccc(Br)cc23)cc1OC. The summed E-state index contributed by atoms with van der Waals surface area (Å²) < 4.78 is 13.2. The van der Waals surface area contributed by atoms with Gasteiger partial charge in [0.25, 0.3) is 5.91 Å². The maximum Gasteiger partial charge on any atom is 0.269 e. The van der Waals surface area contributed by atoms with E-state index in [4.69, 9.17) is 9.47 Å². The van der Waals surface area contributed by atoms with Crippen LogP contribution in [-0.4, -0.2) is 47.8 Å². The van der Waals surface area contributed by atoms with Crippen LogP contribution in [-0.2, 0) is 17.9 Å². The third kappa shape index (κ3) is 5.42. The summed E-state index contributed by atoms with van der Waals surface area (Å²) in [6.07, 6.45) is 4.85. The van der Waals surface area contributed by atoms with Crippen LogP contribution in [0.25, 0.3) is 10.9 Å². The van der Waals surface area contributed by atoms with Crippen LogP contribution in [0.2, 0.25) is 0 Å². The van der Waals surface area contributed by atoms with Crippen molar-refractivity contribution < 1.29 is 19.4 Å². The largest absolute Gasteiger partial charge is 0.493 e. The first-order valence-electron chi connectivity index (χ1n) is 11.4. The molecule has 0 radical (unpaired) electrons. The quantitative estimate of drug-likeness (QED) is 0.390. The molecule has 0 saturated carbocycles. The maximum atomic E-state index is 12.6. The number of benzene rings is 2. The molecule has 1 amide bonds.